The first-order valence-corrected chi connectivity index (χ1v) is 6.82. The van der Waals surface area contributed by atoms with E-state index in [0.29, 0.717) is 13.0 Å². The lowest BCUT2D eigenvalue weighted by molar-refractivity contribution is -0.136. The van der Waals surface area contributed by atoms with Gasteiger partial charge < -0.3 is 5.32 Å². The van der Waals surface area contributed by atoms with Crippen molar-refractivity contribution in [1.29, 1.82) is 0 Å². The van der Waals surface area contributed by atoms with E-state index in [0.717, 1.165) is 16.5 Å². The zero-order valence-electron chi connectivity index (χ0n) is 10.2. The minimum Gasteiger partial charge on any atom is -0.355 e. The van der Waals surface area contributed by atoms with Crippen molar-refractivity contribution in [3.05, 3.63) is 34.3 Å². The van der Waals surface area contributed by atoms with Crippen LogP contribution in [0.4, 0.5) is 0 Å². The molecule has 1 heterocycles. The number of carbonyl (C=O) groups excluding carboxylic acids is 2. The van der Waals surface area contributed by atoms with E-state index in [9.17, 15) is 9.59 Å². The number of amides is 2. The Morgan fingerprint density at radius 2 is 2.16 bits per heavy atom. The summed E-state index contributed by atoms with van der Waals surface area (Å²) in [6.45, 7) is 0.644. The van der Waals surface area contributed by atoms with Gasteiger partial charge in [0, 0.05) is 11.0 Å². The fraction of sp³-hybridized carbons (Fsp3) is 0.308. The minimum absolute atomic E-state index is 0.220. The molecule has 0 aromatic heterocycles. The van der Waals surface area contributed by atoms with E-state index in [2.05, 4.69) is 31.8 Å². The number of rotatable bonds is 3. The molecule has 0 saturated carbocycles. The maximum Gasteiger partial charge on any atom is 0.252 e. The average Bonchev–Trinajstić information content (AvgIpc) is 2.41. The highest BCUT2D eigenvalue weighted by Crippen LogP contribution is 2.11. The number of hydrazone groups is 1. The molecule has 2 amide bonds. The van der Waals surface area contributed by atoms with Gasteiger partial charge in [-0.3, -0.25) is 9.59 Å². The Morgan fingerprint density at radius 1 is 1.42 bits per heavy atom. The molecule has 0 spiro atoms. The summed E-state index contributed by atoms with van der Waals surface area (Å²) in [5, 5.41) is 6.53. The first-order valence-electron chi connectivity index (χ1n) is 6.03. The van der Waals surface area contributed by atoms with Gasteiger partial charge in [-0.25, -0.2) is 5.43 Å². The van der Waals surface area contributed by atoms with E-state index in [-0.39, 0.29) is 11.8 Å². The van der Waals surface area contributed by atoms with Crippen molar-refractivity contribution >= 4 is 34.0 Å². The van der Waals surface area contributed by atoms with E-state index in [1.807, 2.05) is 24.3 Å². The molecule has 1 aliphatic rings. The maximum absolute atomic E-state index is 11.8. The monoisotopic (exact) mass is 323 g/mol. The second-order valence-corrected chi connectivity index (χ2v) is 5.19. The standard InChI is InChI=1S/C13H14BrN3O2/c14-10-5-3-9(4-6-10)8-16-17-13(19)11-2-1-7-15-12(11)18/h3-6,8,11H,1-2,7H2,(H,15,18)(H,17,19)/b16-8+. The summed E-state index contributed by atoms with van der Waals surface area (Å²) in [6, 6.07) is 7.51. The Bertz CT molecular complexity index is 499. The number of nitrogens with zero attached hydrogens (tertiary/aromatic N) is 1. The molecular formula is C13H14BrN3O2. The van der Waals surface area contributed by atoms with Crippen molar-refractivity contribution in [2.75, 3.05) is 6.54 Å². The summed E-state index contributed by atoms with van der Waals surface area (Å²) in [5.74, 6) is -1.20. The molecule has 2 rings (SSSR count). The van der Waals surface area contributed by atoms with Crippen molar-refractivity contribution in [1.82, 2.24) is 10.7 Å². The fourth-order valence-electron chi connectivity index (χ4n) is 1.82. The van der Waals surface area contributed by atoms with Gasteiger partial charge >= 0.3 is 0 Å². The molecule has 0 radical (unpaired) electrons. The third-order valence-electron chi connectivity index (χ3n) is 2.86. The maximum atomic E-state index is 11.8. The van der Waals surface area contributed by atoms with Gasteiger partial charge in [0.05, 0.1) is 6.21 Å². The molecular weight excluding hydrogens is 310 g/mol. The zero-order chi connectivity index (χ0) is 13.7. The molecule has 1 fully saturated rings. The van der Waals surface area contributed by atoms with E-state index in [1.54, 1.807) is 6.21 Å². The Hall–Kier alpha value is -1.69. The summed E-state index contributed by atoms with van der Waals surface area (Å²) >= 11 is 3.34. The molecule has 0 bridgehead atoms. The lowest BCUT2D eigenvalue weighted by Crippen LogP contribution is -2.43. The van der Waals surface area contributed by atoms with Crippen molar-refractivity contribution in [2.45, 2.75) is 12.8 Å². The number of piperidine rings is 1. The number of halogens is 1. The van der Waals surface area contributed by atoms with Crippen LogP contribution in [0.25, 0.3) is 0 Å². The topological polar surface area (TPSA) is 70.6 Å². The van der Waals surface area contributed by atoms with Gasteiger partial charge in [-0.05, 0) is 30.5 Å². The van der Waals surface area contributed by atoms with Crippen LogP contribution in [0.15, 0.2) is 33.8 Å². The quantitative estimate of drug-likeness (QED) is 0.502. The SMILES string of the molecule is O=C1NCCCC1C(=O)N/N=C/c1ccc(Br)cc1. The smallest absolute Gasteiger partial charge is 0.252 e. The van der Waals surface area contributed by atoms with Crippen LogP contribution < -0.4 is 10.7 Å². The fourth-order valence-corrected chi connectivity index (χ4v) is 2.08. The highest BCUT2D eigenvalue weighted by atomic mass is 79.9. The van der Waals surface area contributed by atoms with Crippen molar-refractivity contribution in [2.24, 2.45) is 11.0 Å². The van der Waals surface area contributed by atoms with Gasteiger partial charge in [-0.1, -0.05) is 28.1 Å². The largest absolute Gasteiger partial charge is 0.355 e. The van der Waals surface area contributed by atoms with E-state index >= 15 is 0 Å². The van der Waals surface area contributed by atoms with E-state index < -0.39 is 5.92 Å². The van der Waals surface area contributed by atoms with Crippen LogP contribution in [0.1, 0.15) is 18.4 Å². The van der Waals surface area contributed by atoms with Gasteiger partial charge in [0.25, 0.3) is 5.91 Å². The summed E-state index contributed by atoms with van der Waals surface area (Å²) in [5.41, 5.74) is 3.28. The molecule has 1 aromatic rings. The Balaban J connectivity index is 1.89. The summed E-state index contributed by atoms with van der Waals surface area (Å²) in [4.78, 5) is 23.2. The molecule has 2 N–H and O–H groups in total. The number of benzene rings is 1. The molecule has 100 valence electrons. The molecule has 1 aromatic carbocycles. The minimum atomic E-state index is -0.629. The third-order valence-corrected chi connectivity index (χ3v) is 3.39. The molecule has 0 aliphatic carbocycles. The number of carbonyl (C=O) groups is 2. The van der Waals surface area contributed by atoms with Crippen molar-refractivity contribution < 1.29 is 9.59 Å². The van der Waals surface area contributed by atoms with Gasteiger partial charge in [-0.15, -0.1) is 0 Å². The Labute approximate surface area is 119 Å². The van der Waals surface area contributed by atoms with Gasteiger partial charge in [0.2, 0.25) is 5.91 Å². The number of nitrogens with one attached hydrogen (secondary N) is 2. The second kappa shape index (κ2) is 6.47. The Kier molecular flexibility index (Phi) is 4.68. The van der Waals surface area contributed by atoms with Crippen LogP contribution in [-0.4, -0.2) is 24.6 Å². The van der Waals surface area contributed by atoms with Crippen LogP contribution in [0.5, 0.6) is 0 Å². The first-order chi connectivity index (χ1) is 9.16. The number of hydrogen-bond acceptors (Lipinski definition) is 3. The normalized spacial score (nSPS) is 19.2. The number of hydrogen-bond donors (Lipinski definition) is 2. The zero-order valence-corrected chi connectivity index (χ0v) is 11.8. The van der Waals surface area contributed by atoms with Crippen LogP contribution >= 0.6 is 15.9 Å². The summed E-state index contributed by atoms with van der Waals surface area (Å²) in [6.07, 6.45) is 2.94. The lowest BCUT2D eigenvalue weighted by atomic mass is 9.98. The van der Waals surface area contributed by atoms with Gasteiger partial charge in [0.1, 0.15) is 5.92 Å². The van der Waals surface area contributed by atoms with Crippen LogP contribution in [0, 0.1) is 5.92 Å². The van der Waals surface area contributed by atoms with E-state index in [4.69, 9.17) is 0 Å². The van der Waals surface area contributed by atoms with Crippen molar-refractivity contribution in [3.63, 3.8) is 0 Å². The lowest BCUT2D eigenvalue weighted by Gasteiger charge is -2.19. The Morgan fingerprint density at radius 3 is 2.84 bits per heavy atom. The van der Waals surface area contributed by atoms with Crippen LogP contribution in [0.3, 0.4) is 0 Å². The average molecular weight is 324 g/mol. The molecule has 1 aliphatic heterocycles. The predicted octanol–water partition coefficient (Wildman–Crippen LogP) is 1.43. The highest BCUT2D eigenvalue weighted by molar-refractivity contribution is 9.10. The van der Waals surface area contributed by atoms with Crippen LogP contribution in [-0.2, 0) is 9.59 Å². The van der Waals surface area contributed by atoms with Gasteiger partial charge in [0.15, 0.2) is 0 Å². The molecule has 1 atom stereocenters. The third kappa shape index (κ3) is 3.89. The molecule has 5 nitrogen and oxygen atoms in total. The predicted molar refractivity (Wildman–Crippen MR) is 75.6 cm³/mol. The van der Waals surface area contributed by atoms with Gasteiger partial charge in [-0.2, -0.15) is 5.10 Å². The summed E-state index contributed by atoms with van der Waals surface area (Å²) in [7, 11) is 0. The molecule has 1 unspecified atom stereocenters. The molecule has 19 heavy (non-hydrogen) atoms. The first kappa shape index (κ1) is 13.7. The highest BCUT2D eigenvalue weighted by Gasteiger charge is 2.28. The summed E-state index contributed by atoms with van der Waals surface area (Å²) < 4.78 is 0.979. The second-order valence-electron chi connectivity index (χ2n) is 4.27. The molecule has 1 saturated heterocycles. The molecule has 6 heteroatoms. The van der Waals surface area contributed by atoms with E-state index in [1.165, 1.54) is 0 Å². The van der Waals surface area contributed by atoms with Crippen LogP contribution in [0.2, 0.25) is 0 Å². The van der Waals surface area contributed by atoms with Crippen molar-refractivity contribution in [3.8, 4) is 0 Å².